The van der Waals surface area contributed by atoms with E-state index in [1.807, 2.05) is 0 Å². The van der Waals surface area contributed by atoms with Gasteiger partial charge in [0.25, 0.3) is 11.8 Å². The Bertz CT molecular complexity index is 814. The van der Waals surface area contributed by atoms with Gasteiger partial charge in [0.1, 0.15) is 0 Å². The van der Waals surface area contributed by atoms with E-state index in [0.29, 0.717) is 23.1 Å². The molecule has 2 aromatic carbocycles. The third-order valence-corrected chi connectivity index (χ3v) is 5.01. The Hall–Kier alpha value is -2.56. The van der Waals surface area contributed by atoms with Gasteiger partial charge in [0, 0.05) is 12.0 Å². The van der Waals surface area contributed by atoms with Crippen LogP contribution in [0, 0.1) is 11.6 Å². The third kappa shape index (κ3) is 2.15. The van der Waals surface area contributed by atoms with Crippen molar-refractivity contribution in [2.75, 3.05) is 0 Å². The molecule has 24 heavy (non-hydrogen) atoms. The van der Waals surface area contributed by atoms with Crippen LogP contribution in [0.3, 0.4) is 0 Å². The number of amides is 2. The molecule has 4 rings (SSSR count). The molecule has 1 aliphatic heterocycles. The molecule has 0 N–H and O–H groups in total. The first-order valence-electron chi connectivity index (χ1n) is 8.00. The number of imide groups is 1. The lowest BCUT2D eigenvalue weighted by atomic mass is 9.93. The van der Waals surface area contributed by atoms with Gasteiger partial charge in [-0.15, -0.1) is 0 Å². The van der Waals surface area contributed by atoms with Gasteiger partial charge in [-0.05, 0) is 42.7 Å². The lowest BCUT2D eigenvalue weighted by Crippen LogP contribution is -2.41. The normalized spacial score (nSPS) is 23.0. The zero-order valence-corrected chi connectivity index (χ0v) is 12.8. The molecular weight excluding hydrogens is 312 g/mol. The zero-order valence-electron chi connectivity index (χ0n) is 12.8. The van der Waals surface area contributed by atoms with Crippen LogP contribution in [0.1, 0.15) is 51.5 Å². The van der Waals surface area contributed by atoms with Crippen molar-refractivity contribution in [3.05, 3.63) is 70.8 Å². The van der Waals surface area contributed by atoms with E-state index in [1.54, 1.807) is 30.3 Å². The van der Waals surface area contributed by atoms with Crippen molar-refractivity contribution in [1.29, 1.82) is 0 Å². The molecule has 0 aromatic heterocycles. The van der Waals surface area contributed by atoms with Gasteiger partial charge in [-0.2, -0.15) is 0 Å². The molecule has 1 saturated carbocycles. The predicted molar refractivity (Wildman–Crippen MR) is 83.7 cm³/mol. The van der Waals surface area contributed by atoms with E-state index < -0.39 is 11.6 Å². The fourth-order valence-electron chi connectivity index (χ4n) is 3.89. The number of rotatable bonds is 2. The molecule has 0 spiro atoms. The van der Waals surface area contributed by atoms with Crippen molar-refractivity contribution in [2.45, 2.75) is 31.2 Å². The number of hydrogen-bond acceptors (Lipinski definition) is 2. The summed E-state index contributed by atoms with van der Waals surface area (Å²) in [5.41, 5.74) is 1.46. The molecule has 1 heterocycles. The third-order valence-electron chi connectivity index (χ3n) is 5.01. The highest BCUT2D eigenvalue weighted by molar-refractivity contribution is 6.21. The van der Waals surface area contributed by atoms with Crippen LogP contribution in [0.4, 0.5) is 8.78 Å². The van der Waals surface area contributed by atoms with Crippen molar-refractivity contribution in [3.8, 4) is 0 Å². The molecule has 2 amide bonds. The standard InChI is InChI=1S/C19H15F2NO2/c20-15-9-8-11(10-16(15)21)12-6-3-7-17(12)22-18(23)13-4-1-2-5-14(13)19(22)24/h1-2,4-5,8-10,12,17H,3,6-7H2/t12-,17-/m1/s1. The largest absolute Gasteiger partial charge is 0.271 e. The van der Waals surface area contributed by atoms with Crippen LogP contribution in [0.25, 0.3) is 0 Å². The molecule has 1 aliphatic carbocycles. The van der Waals surface area contributed by atoms with Gasteiger partial charge in [-0.25, -0.2) is 8.78 Å². The minimum absolute atomic E-state index is 0.165. The second-order valence-corrected chi connectivity index (χ2v) is 6.30. The molecule has 0 bridgehead atoms. The molecule has 0 radical (unpaired) electrons. The van der Waals surface area contributed by atoms with E-state index in [9.17, 15) is 18.4 Å². The Balaban J connectivity index is 1.70. The van der Waals surface area contributed by atoms with Crippen LogP contribution in [-0.2, 0) is 0 Å². The second kappa shape index (κ2) is 5.51. The number of halogens is 2. The smallest absolute Gasteiger partial charge is 0.261 e. The maximum atomic E-state index is 13.6. The van der Waals surface area contributed by atoms with Crippen molar-refractivity contribution in [3.63, 3.8) is 0 Å². The monoisotopic (exact) mass is 327 g/mol. The summed E-state index contributed by atoms with van der Waals surface area (Å²) in [4.78, 5) is 26.6. The van der Waals surface area contributed by atoms with Crippen LogP contribution < -0.4 is 0 Å². The van der Waals surface area contributed by atoms with Crippen LogP contribution >= 0.6 is 0 Å². The summed E-state index contributed by atoms with van der Waals surface area (Å²) in [6.07, 6.45) is 2.25. The van der Waals surface area contributed by atoms with E-state index in [0.717, 1.165) is 18.9 Å². The van der Waals surface area contributed by atoms with Gasteiger partial charge >= 0.3 is 0 Å². The van der Waals surface area contributed by atoms with Crippen molar-refractivity contribution >= 4 is 11.8 Å². The van der Waals surface area contributed by atoms with Gasteiger partial charge in [-0.3, -0.25) is 14.5 Å². The van der Waals surface area contributed by atoms with E-state index in [1.165, 1.54) is 11.0 Å². The van der Waals surface area contributed by atoms with Crippen LogP contribution in [0.15, 0.2) is 42.5 Å². The number of benzene rings is 2. The number of hydrogen-bond donors (Lipinski definition) is 0. The summed E-state index contributed by atoms with van der Waals surface area (Å²) >= 11 is 0. The Morgan fingerprint density at radius 3 is 2.17 bits per heavy atom. The van der Waals surface area contributed by atoms with Crippen LogP contribution in [0.5, 0.6) is 0 Å². The number of carbonyl (C=O) groups excluding carboxylic acids is 2. The quantitative estimate of drug-likeness (QED) is 0.785. The lowest BCUT2D eigenvalue weighted by Gasteiger charge is -2.28. The summed E-state index contributed by atoms with van der Waals surface area (Å²) in [5, 5.41) is 0. The Morgan fingerprint density at radius 1 is 0.875 bits per heavy atom. The fraction of sp³-hybridized carbons (Fsp3) is 0.263. The SMILES string of the molecule is O=C1c2ccccc2C(=O)N1[C@@H]1CCC[C@@H]1c1ccc(F)c(F)c1. The van der Waals surface area contributed by atoms with Gasteiger partial charge < -0.3 is 0 Å². The number of carbonyl (C=O) groups is 2. The Morgan fingerprint density at radius 2 is 1.54 bits per heavy atom. The summed E-state index contributed by atoms with van der Waals surface area (Å²) < 4.78 is 26.8. The average molecular weight is 327 g/mol. The summed E-state index contributed by atoms with van der Waals surface area (Å²) in [7, 11) is 0. The molecule has 2 aliphatic rings. The van der Waals surface area contributed by atoms with Crippen LogP contribution in [-0.4, -0.2) is 22.8 Å². The molecule has 5 heteroatoms. The lowest BCUT2D eigenvalue weighted by molar-refractivity contribution is 0.0574. The zero-order chi connectivity index (χ0) is 16.8. The minimum Gasteiger partial charge on any atom is -0.271 e. The molecule has 2 atom stereocenters. The van der Waals surface area contributed by atoms with Gasteiger partial charge in [-0.1, -0.05) is 24.6 Å². The summed E-state index contributed by atoms with van der Waals surface area (Å²) in [6, 6.07) is 10.3. The maximum absolute atomic E-state index is 13.6. The predicted octanol–water partition coefficient (Wildman–Crippen LogP) is 3.90. The van der Waals surface area contributed by atoms with E-state index in [-0.39, 0.29) is 23.8 Å². The van der Waals surface area contributed by atoms with E-state index in [2.05, 4.69) is 0 Å². The molecule has 2 aromatic rings. The maximum Gasteiger partial charge on any atom is 0.261 e. The van der Waals surface area contributed by atoms with Crippen molar-refractivity contribution in [2.24, 2.45) is 0 Å². The number of nitrogens with zero attached hydrogens (tertiary/aromatic N) is 1. The van der Waals surface area contributed by atoms with Crippen molar-refractivity contribution in [1.82, 2.24) is 4.90 Å². The van der Waals surface area contributed by atoms with E-state index in [4.69, 9.17) is 0 Å². The minimum atomic E-state index is -0.902. The second-order valence-electron chi connectivity index (χ2n) is 6.30. The first-order valence-corrected chi connectivity index (χ1v) is 8.00. The van der Waals surface area contributed by atoms with Crippen LogP contribution in [0.2, 0.25) is 0 Å². The average Bonchev–Trinajstić information content (AvgIpc) is 3.15. The highest BCUT2D eigenvalue weighted by atomic mass is 19.2. The Labute approximate surface area is 137 Å². The Kier molecular flexibility index (Phi) is 3.44. The molecule has 0 unspecified atom stereocenters. The molecule has 3 nitrogen and oxygen atoms in total. The van der Waals surface area contributed by atoms with Gasteiger partial charge in [0.15, 0.2) is 11.6 Å². The molecular formula is C19H15F2NO2. The fourth-order valence-corrected chi connectivity index (χ4v) is 3.89. The molecule has 1 fully saturated rings. The van der Waals surface area contributed by atoms with E-state index >= 15 is 0 Å². The first kappa shape index (κ1) is 15.0. The van der Waals surface area contributed by atoms with Gasteiger partial charge in [0.2, 0.25) is 0 Å². The summed E-state index contributed by atoms with van der Waals surface area (Å²) in [5.74, 6) is -2.55. The van der Waals surface area contributed by atoms with Crippen molar-refractivity contribution < 1.29 is 18.4 Å². The summed E-state index contributed by atoms with van der Waals surface area (Å²) in [6.45, 7) is 0. The topological polar surface area (TPSA) is 37.4 Å². The molecule has 122 valence electrons. The highest BCUT2D eigenvalue weighted by Crippen LogP contribution is 2.41. The number of fused-ring (bicyclic) bond motifs is 1. The molecule has 0 saturated heterocycles. The van der Waals surface area contributed by atoms with Gasteiger partial charge in [0.05, 0.1) is 11.1 Å². The highest BCUT2D eigenvalue weighted by Gasteiger charge is 2.44. The first-order chi connectivity index (χ1) is 11.6.